The lowest BCUT2D eigenvalue weighted by Gasteiger charge is -2.27. The molecule has 1 aromatic carbocycles. The molecule has 1 fully saturated rings. The minimum Gasteiger partial charge on any atom is -0.497 e. The molecule has 20 heavy (non-hydrogen) atoms. The van der Waals surface area contributed by atoms with Gasteiger partial charge in [0.1, 0.15) is 11.5 Å². The molecule has 1 saturated heterocycles. The molecule has 6 heteroatoms. The van der Waals surface area contributed by atoms with Crippen molar-refractivity contribution in [3.8, 4) is 11.5 Å². The Morgan fingerprint density at radius 2 is 2.10 bits per heavy atom. The predicted octanol–water partition coefficient (Wildman–Crippen LogP) is 0.108. The zero-order valence-electron chi connectivity index (χ0n) is 11.9. The summed E-state index contributed by atoms with van der Waals surface area (Å²) in [5.74, 6) is 0.879. The first-order valence-corrected chi connectivity index (χ1v) is 6.46. The lowest BCUT2D eigenvalue weighted by molar-refractivity contribution is 0.0578. The molecule has 1 aromatic rings. The molecule has 1 aliphatic rings. The molecule has 0 unspecified atom stereocenters. The van der Waals surface area contributed by atoms with Crippen LogP contribution < -0.4 is 14.8 Å². The van der Waals surface area contributed by atoms with E-state index >= 15 is 0 Å². The fraction of sp³-hybridized carbons (Fsp3) is 0.500. The number of ether oxygens (including phenoxy) is 2. The number of aliphatic hydroxyl groups is 1. The average Bonchev–Trinajstić information content (AvgIpc) is 2.91. The number of benzene rings is 1. The van der Waals surface area contributed by atoms with Crippen LogP contribution in [-0.2, 0) is 0 Å². The highest BCUT2D eigenvalue weighted by molar-refractivity contribution is 5.97. The second-order valence-electron chi connectivity index (χ2n) is 4.78. The van der Waals surface area contributed by atoms with Crippen LogP contribution >= 0.6 is 0 Å². The van der Waals surface area contributed by atoms with Crippen LogP contribution in [0.5, 0.6) is 11.5 Å². The van der Waals surface area contributed by atoms with Gasteiger partial charge in [-0.25, -0.2) is 0 Å². The van der Waals surface area contributed by atoms with Crippen LogP contribution in [0.4, 0.5) is 0 Å². The highest BCUT2D eigenvalue weighted by atomic mass is 16.5. The van der Waals surface area contributed by atoms with E-state index in [1.165, 1.54) is 7.11 Å². The number of carbonyl (C=O) groups is 1. The van der Waals surface area contributed by atoms with Gasteiger partial charge in [0.2, 0.25) is 0 Å². The van der Waals surface area contributed by atoms with Crippen LogP contribution in [0.2, 0.25) is 0 Å². The number of amides is 1. The summed E-state index contributed by atoms with van der Waals surface area (Å²) in [4.78, 5) is 14.1. The number of methoxy groups -OCH3 is 2. The minimum atomic E-state index is -0.555. The lowest BCUT2D eigenvalue weighted by atomic mass is 10.1. The Hall–Kier alpha value is -1.79. The molecule has 6 nitrogen and oxygen atoms in total. The number of rotatable bonds is 4. The van der Waals surface area contributed by atoms with Crippen LogP contribution in [0.1, 0.15) is 10.4 Å². The van der Waals surface area contributed by atoms with Gasteiger partial charge in [-0.15, -0.1) is 0 Å². The van der Waals surface area contributed by atoms with Gasteiger partial charge in [0.25, 0.3) is 5.91 Å². The summed E-state index contributed by atoms with van der Waals surface area (Å²) in [5.41, 5.74) is 0.424. The van der Waals surface area contributed by atoms with Gasteiger partial charge >= 0.3 is 0 Å². The Kier molecular flexibility index (Phi) is 4.46. The molecular weight excluding hydrogens is 260 g/mol. The fourth-order valence-electron chi connectivity index (χ4n) is 2.37. The van der Waals surface area contributed by atoms with Crippen molar-refractivity contribution in [1.29, 1.82) is 0 Å². The number of β-amino-alcohol motifs (C(OH)–C–C–N with tert-alkyl or cyclic N) is 1. The minimum absolute atomic E-state index is 0.200. The van der Waals surface area contributed by atoms with Crippen molar-refractivity contribution in [3.63, 3.8) is 0 Å². The maximum absolute atomic E-state index is 12.6. The van der Waals surface area contributed by atoms with Crippen molar-refractivity contribution in [2.24, 2.45) is 0 Å². The molecule has 2 rings (SSSR count). The maximum atomic E-state index is 12.6. The molecule has 0 saturated carbocycles. The first kappa shape index (κ1) is 14.6. The van der Waals surface area contributed by atoms with Crippen LogP contribution in [-0.4, -0.2) is 62.4 Å². The third-order valence-corrected chi connectivity index (χ3v) is 3.61. The van der Waals surface area contributed by atoms with Crippen LogP contribution in [0.25, 0.3) is 0 Å². The SMILES string of the molecule is COc1ccc(OC)c(C(=O)N(C)[C@H]2CNC[C@@H]2O)c1. The number of carbonyl (C=O) groups excluding carboxylic acids is 1. The third-order valence-electron chi connectivity index (χ3n) is 3.61. The number of hydrogen-bond acceptors (Lipinski definition) is 5. The Labute approximate surface area is 118 Å². The second kappa shape index (κ2) is 6.11. The van der Waals surface area contributed by atoms with Crippen molar-refractivity contribution in [1.82, 2.24) is 10.2 Å². The summed E-state index contributed by atoms with van der Waals surface area (Å²) >= 11 is 0. The highest BCUT2D eigenvalue weighted by Gasteiger charge is 2.32. The molecule has 1 aliphatic heterocycles. The van der Waals surface area contributed by atoms with Gasteiger partial charge in [-0.2, -0.15) is 0 Å². The van der Waals surface area contributed by atoms with Gasteiger partial charge in [-0.3, -0.25) is 4.79 Å². The Bertz CT molecular complexity index is 492. The van der Waals surface area contributed by atoms with E-state index in [1.807, 2.05) is 0 Å². The molecule has 0 spiro atoms. The molecule has 0 aliphatic carbocycles. The van der Waals surface area contributed by atoms with Crippen LogP contribution in [0.3, 0.4) is 0 Å². The third kappa shape index (κ3) is 2.71. The molecule has 0 radical (unpaired) electrons. The van der Waals surface area contributed by atoms with E-state index in [1.54, 1.807) is 37.3 Å². The summed E-state index contributed by atoms with van der Waals surface area (Å²) in [6.45, 7) is 1.08. The summed E-state index contributed by atoms with van der Waals surface area (Å²) in [7, 11) is 4.75. The summed E-state index contributed by atoms with van der Waals surface area (Å²) < 4.78 is 10.4. The van der Waals surface area contributed by atoms with E-state index in [2.05, 4.69) is 5.32 Å². The zero-order chi connectivity index (χ0) is 14.7. The maximum Gasteiger partial charge on any atom is 0.257 e. The normalized spacial score (nSPS) is 21.6. The van der Waals surface area contributed by atoms with Gasteiger partial charge < -0.3 is 24.8 Å². The van der Waals surface area contributed by atoms with Crippen molar-refractivity contribution < 1.29 is 19.4 Å². The van der Waals surface area contributed by atoms with E-state index in [4.69, 9.17) is 9.47 Å². The predicted molar refractivity (Wildman–Crippen MR) is 74.3 cm³/mol. The van der Waals surface area contributed by atoms with Gasteiger partial charge in [0.15, 0.2) is 0 Å². The van der Waals surface area contributed by atoms with Crippen molar-refractivity contribution >= 4 is 5.91 Å². The number of hydrogen-bond donors (Lipinski definition) is 2. The van der Waals surface area contributed by atoms with Gasteiger partial charge in [0, 0.05) is 20.1 Å². The van der Waals surface area contributed by atoms with Gasteiger partial charge in [-0.1, -0.05) is 0 Å². The molecule has 2 atom stereocenters. The molecule has 1 heterocycles. The first-order valence-electron chi connectivity index (χ1n) is 6.46. The lowest BCUT2D eigenvalue weighted by Crippen LogP contribution is -2.44. The monoisotopic (exact) mass is 280 g/mol. The largest absolute Gasteiger partial charge is 0.497 e. The molecule has 0 bridgehead atoms. The zero-order valence-corrected chi connectivity index (χ0v) is 11.9. The Balaban J connectivity index is 2.27. The van der Waals surface area contributed by atoms with Gasteiger partial charge in [-0.05, 0) is 18.2 Å². The fourth-order valence-corrected chi connectivity index (χ4v) is 2.37. The van der Waals surface area contributed by atoms with E-state index in [0.29, 0.717) is 30.2 Å². The average molecular weight is 280 g/mol. The first-order chi connectivity index (χ1) is 9.58. The summed E-state index contributed by atoms with van der Waals surface area (Å²) in [6.07, 6.45) is -0.555. The van der Waals surface area contributed by atoms with Crippen molar-refractivity contribution in [2.45, 2.75) is 12.1 Å². The molecule has 2 N–H and O–H groups in total. The van der Waals surface area contributed by atoms with E-state index < -0.39 is 6.10 Å². The van der Waals surface area contributed by atoms with Crippen LogP contribution in [0.15, 0.2) is 18.2 Å². The smallest absolute Gasteiger partial charge is 0.257 e. The topological polar surface area (TPSA) is 71.0 Å². The van der Waals surface area contributed by atoms with E-state index in [9.17, 15) is 9.90 Å². The van der Waals surface area contributed by atoms with Crippen molar-refractivity contribution in [2.75, 3.05) is 34.4 Å². The standard InChI is InChI=1S/C14H20N2O4/c1-16(11-7-15-8-12(11)17)14(18)10-6-9(19-2)4-5-13(10)20-3/h4-6,11-12,15,17H,7-8H2,1-3H3/t11-,12-/m0/s1. The number of aliphatic hydroxyl groups excluding tert-OH is 1. The quantitative estimate of drug-likeness (QED) is 0.819. The molecule has 1 amide bonds. The van der Waals surface area contributed by atoms with Gasteiger partial charge in [0.05, 0.1) is 31.9 Å². The molecule has 110 valence electrons. The van der Waals surface area contributed by atoms with E-state index in [-0.39, 0.29) is 11.9 Å². The number of nitrogens with one attached hydrogen (secondary N) is 1. The second-order valence-corrected chi connectivity index (χ2v) is 4.78. The summed E-state index contributed by atoms with van der Waals surface area (Å²) in [6, 6.07) is 4.84. The Morgan fingerprint density at radius 3 is 2.65 bits per heavy atom. The summed E-state index contributed by atoms with van der Waals surface area (Å²) in [5, 5.41) is 12.9. The van der Waals surface area contributed by atoms with E-state index in [0.717, 1.165) is 0 Å². The molecular formula is C14H20N2O4. The Morgan fingerprint density at radius 1 is 1.35 bits per heavy atom. The van der Waals surface area contributed by atoms with Crippen LogP contribution in [0, 0.1) is 0 Å². The number of likely N-dealkylation sites (N-methyl/N-ethyl adjacent to an activating group) is 1. The molecule has 0 aromatic heterocycles. The highest BCUT2D eigenvalue weighted by Crippen LogP contribution is 2.26. The number of nitrogens with zero attached hydrogens (tertiary/aromatic N) is 1. The van der Waals surface area contributed by atoms with Crippen molar-refractivity contribution in [3.05, 3.63) is 23.8 Å².